The molecule has 0 spiro atoms. The third-order valence-electron chi connectivity index (χ3n) is 3.33. The van der Waals surface area contributed by atoms with E-state index >= 15 is 0 Å². The van der Waals surface area contributed by atoms with E-state index in [1.54, 1.807) is 6.07 Å². The van der Waals surface area contributed by atoms with Crippen molar-refractivity contribution in [3.05, 3.63) is 57.8 Å². The van der Waals surface area contributed by atoms with E-state index < -0.39 is 5.97 Å². The molecule has 2 rings (SSSR count). The highest BCUT2D eigenvalue weighted by Gasteiger charge is 2.16. The molecule has 5 heteroatoms. The average Bonchev–Trinajstić information content (AvgIpc) is 2.92. The number of carboxylic acid groups (broad SMARTS) is 1. The van der Waals surface area contributed by atoms with E-state index in [1.807, 2.05) is 43.3 Å². The Balaban J connectivity index is 2.03. The summed E-state index contributed by atoms with van der Waals surface area (Å²) in [5.74, 6) is -0.983. The number of carboxylic acids is 1. The molecule has 0 radical (unpaired) electrons. The smallest absolute Gasteiger partial charge is 0.303 e. The minimum absolute atomic E-state index is 0.0429. The Bertz CT molecular complexity index is 636. The zero-order valence-electron chi connectivity index (χ0n) is 12.4. The minimum Gasteiger partial charge on any atom is -0.481 e. The molecular formula is C17H19NO3S. The summed E-state index contributed by atoms with van der Waals surface area (Å²) in [6.07, 6.45) is 1.09. The summed E-state index contributed by atoms with van der Waals surface area (Å²) >= 11 is 1.44. The lowest BCUT2D eigenvalue weighted by molar-refractivity contribution is -0.137. The molecule has 116 valence electrons. The quantitative estimate of drug-likeness (QED) is 0.823. The first-order valence-corrected chi connectivity index (χ1v) is 7.99. The molecule has 0 aliphatic carbocycles. The maximum absolute atomic E-state index is 12.3. The van der Waals surface area contributed by atoms with Gasteiger partial charge in [-0.05, 0) is 37.5 Å². The molecule has 2 N–H and O–H groups in total. The second-order valence-corrected chi connectivity index (χ2v) is 6.49. The summed E-state index contributed by atoms with van der Waals surface area (Å²) in [7, 11) is 0. The molecule has 1 unspecified atom stereocenters. The van der Waals surface area contributed by atoms with Gasteiger partial charge in [-0.1, -0.05) is 30.3 Å². The molecule has 0 aliphatic rings. The molecule has 4 nitrogen and oxygen atoms in total. The van der Waals surface area contributed by atoms with E-state index in [0.717, 1.165) is 10.4 Å². The second-order valence-electron chi connectivity index (χ2n) is 5.20. The molecular weight excluding hydrogens is 298 g/mol. The van der Waals surface area contributed by atoms with Crippen molar-refractivity contribution in [2.75, 3.05) is 0 Å². The minimum atomic E-state index is -0.848. The number of carbonyl (C=O) groups is 2. The number of benzene rings is 1. The first-order chi connectivity index (χ1) is 10.5. The molecule has 1 amide bonds. The van der Waals surface area contributed by atoms with Crippen molar-refractivity contribution >= 4 is 23.2 Å². The van der Waals surface area contributed by atoms with Crippen LogP contribution in [-0.2, 0) is 11.2 Å². The molecule has 1 heterocycles. The lowest BCUT2D eigenvalue weighted by Crippen LogP contribution is -2.36. The van der Waals surface area contributed by atoms with Gasteiger partial charge in [-0.15, -0.1) is 11.3 Å². The number of aliphatic carboxylic acids is 1. The Labute approximate surface area is 133 Å². The zero-order chi connectivity index (χ0) is 15.9. The van der Waals surface area contributed by atoms with Crippen LogP contribution in [-0.4, -0.2) is 23.0 Å². The molecule has 0 fully saturated rings. The van der Waals surface area contributed by atoms with Crippen molar-refractivity contribution in [3.8, 4) is 0 Å². The van der Waals surface area contributed by atoms with E-state index in [0.29, 0.717) is 17.7 Å². The highest BCUT2D eigenvalue weighted by atomic mass is 32.1. The number of amides is 1. The van der Waals surface area contributed by atoms with Crippen molar-refractivity contribution in [1.29, 1.82) is 0 Å². The third kappa shape index (κ3) is 5.00. The monoisotopic (exact) mass is 317 g/mol. The van der Waals surface area contributed by atoms with Crippen LogP contribution in [0.2, 0.25) is 0 Å². The van der Waals surface area contributed by atoms with Gasteiger partial charge in [0.2, 0.25) is 0 Å². The van der Waals surface area contributed by atoms with E-state index in [2.05, 4.69) is 5.32 Å². The lowest BCUT2D eigenvalue weighted by atomic mass is 10.0. The van der Waals surface area contributed by atoms with Crippen LogP contribution in [0, 0.1) is 6.92 Å². The van der Waals surface area contributed by atoms with Gasteiger partial charge in [-0.3, -0.25) is 9.59 Å². The summed E-state index contributed by atoms with van der Waals surface area (Å²) in [4.78, 5) is 24.8. The number of hydrogen-bond donors (Lipinski definition) is 2. The molecule has 22 heavy (non-hydrogen) atoms. The summed E-state index contributed by atoms with van der Waals surface area (Å²) in [6.45, 7) is 1.95. The number of aryl methyl sites for hydroxylation is 1. The van der Waals surface area contributed by atoms with Crippen LogP contribution in [0.3, 0.4) is 0 Å². The van der Waals surface area contributed by atoms with E-state index in [9.17, 15) is 9.59 Å². The number of hydrogen-bond acceptors (Lipinski definition) is 3. The van der Waals surface area contributed by atoms with Crippen LogP contribution >= 0.6 is 11.3 Å². The first kappa shape index (κ1) is 16.2. The van der Waals surface area contributed by atoms with E-state index in [4.69, 9.17) is 5.11 Å². The van der Waals surface area contributed by atoms with Crippen molar-refractivity contribution in [1.82, 2.24) is 5.32 Å². The highest BCUT2D eigenvalue weighted by molar-refractivity contribution is 7.13. The SMILES string of the molecule is Cc1ccc(C(=O)NC(CCC(=O)O)Cc2ccccc2)s1. The second kappa shape index (κ2) is 7.75. The lowest BCUT2D eigenvalue weighted by Gasteiger charge is -2.18. The summed E-state index contributed by atoms with van der Waals surface area (Å²) in [5, 5.41) is 11.8. The van der Waals surface area contributed by atoms with Crippen LogP contribution in [0.5, 0.6) is 0 Å². The standard InChI is InChI=1S/C17H19NO3S/c1-12-7-9-15(22-12)17(21)18-14(8-10-16(19)20)11-13-5-3-2-4-6-13/h2-7,9,14H,8,10-11H2,1H3,(H,18,21)(H,19,20). The van der Waals surface area contributed by atoms with Crippen LogP contribution < -0.4 is 5.32 Å². The van der Waals surface area contributed by atoms with Gasteiger partial charge in [0, 0.05) is 17.3 Å². The Kier molecular flexibility index (Phi) is 5.72. The molecule has 0 aliphatic heterocycles. The normalized spacial score (nSPS) is 11.9. The zero-order valence-corrected chi connectivity index (χ0v) is 13.2. The molecule has 1 aromatic heterocycles. The summed E-state index contributed by atoms with van der Waals surface area (Å²) in [5.41, 5.74) is 1.08. The molecule has 1 aromatic carbocycles. The van der Waals surface area contributed by atoms with Crippen molar-refractivity contribution in [3.63, 3.8) is 0 Å². The Hall–Kier alpha value is -2.14. The fourth-order valence-electron chi connectivity index (χ4n) is 2.23. The Morgan fingerprint density at radius 1 is 1.18 bits per heavy atom. The van der Waals surface area contributed by atoms with Crippen LogP contribution in [0.4, 0.5) is 0 Å². The topological polar surface area (TPSA) is 66.4 Å². The van der Waals surface area contributed by atoms with Gasteiger partial charge in [0.05, 0.1) is 4.88 Å². The summed E-state index contributed by atoms with van der Waals surface area (Å²) < 4.78 is 0. The fraction of sp³-hybridized carbons (Fsp3) is 0.294. The number of rotatable bonds is 7. The molecule has 0 bridgehead atoms. The molecule has 1 atom stereocenters. The van der Waals surface area contributed by atoms with Crippen molar-refractivity contribution < 1.29 is 14.7 Å². The molecule has 0 saturated heterocycles. The van der Waals surface area contributed by atoms with Gasteiger partial charge in [0.25, 0.3) is 5.91 Å². The third-order valence-corrected chi connectivity index (χ3v) is 4.33. The number of carbonyl (C=O) groups excluding carboxylic acids is 1. The molecule has 2 aromatic rings. The first-order valence-electron chi connectivity index (χ1n) is 7.17. The van der Waals surface area contributed by atoms with Crippen LogP contribution in [0.1, 0.15) is 33.0 Å². The van der Waals surface area contributed by atoms with E-state index in [1.165, 1.54) is 11.3 Å². The highest BCUT2D eigenvalue weighted by Crippen LogP contribution is 2.16. The van der Waals surface area contributed by atoms with Crippen LogP contribution in [0.25, 0.3) is 0 Å². The van der Waals surface area contributed by atoms with Gasteiger partial charge >= 0.3 is 5.97 Å². The van der Waals surface area contributed by atoms with Gasteiger partial charge in [0.1, 0.15) is 0 Å². The average molecular weight is 317 g/mol. The predicted molar refractivity (Wildman–Crippen MR) is 87.3 cm³/mol. The maximum atomic E-state index is 12.3. The van der Waals surface area contributed by atoms with E-state index in [-0.39, 0.29) is 18.4 Å². The molecule has 0 saturated carbocycles. The van der Waals surface area contributed by atoms with Gasteiger partial charge in [-0.25, -0.2) is 0 Å². The Morgan fingerprint density at radius 2 is 1.91 bits per heavy atom. The van der Waals surface area contributed by atoms with Gasteiger partial charge < -0.3 is 10.4 Å². The van der Waals surface area contributed by atoms with Gasteiger partial charge in [0.15, 0.2) is 0 Å². The largest absolute Gasteiger partial charge is 0.481 e. The van der Waals surface area contributed by atoms with Crippen molar-refractivity contribution in [2.45, 2.75) is 32.2 Å². The van der Waals surface area contributed by atoms with Gasteiger partial charge in [-0.2, -0.15) is 0 Å². The summed E-state index contributed by atoms with van der Waals surface area (Å²) in [6, 6.07) is 13.3. The number of thiophene rings is 1. The maximum Gasteiger partial charge on any atom is 0.303 e. The number of nitrogens with one attached hydrogen (secondary N) is 1. The Morgan fingerprint density at radius 3 is 2.50 bits per heavy atom. The fourth-order valence-corrected chi connectivity index (χ4v) is 3.01. The van der Waals surface area contributed by atoms with Crippen molar-refractivity contribution in [2.24, 2.45) is 0 Å². The van der Waals surface area contributed by atoms with Crippen LogP contribution in [0.15, 0.2) is 42.5 Å². The predicted octanol–water partition coefficient (Wildman–Crippen LogP) is 3.26.